The molecule has 92 valence electrons. The molecule has 0 heterocycles. The van der Waals surface area contributed by atoms with E-state index in [0.717, 1.165) is 6.07 Å². The van der Waals surface area contributed by atoms with Crippen LogP contribution in [-0.4, -0.2) is 11.2 Å². The molecule has 0 saturated carbocycles. The summed E-state index contributed by atoms with van der Waals surface area (Å²) in [7, 11) is 0. The van der Waals surface area contributed by atoms with Gasteiger partial charge in [0.05, 0.1) is 23.7 Å². The molecule has 0 aliphatic heterocycles. The van der Waals surface area contributed by atoms with E-state index in [1.165, 1.54) is 18.2 Å². The molecule has 2 nitrogen and oxygen atoms in total. The van der Waals surface area contributed by atoms with Gasteiger partial charge in [0, 0.05) is 0 Å². The molecule has 0 radical (unpaired) electrons. The quantitative estimate of drug-likeness (QED) is 0.886. The van der Waals surface area contributed by atoms with Crippen LogP contribution in [0.4, 0.5) is 13.2 Å². The highest BCUT2D eigenvalue weighted by Crippen LogP contribution is 2.36. The maximum Gasteiger partial charge on any atom is 0.416 e. The van der Waals surface area contributed by atoms with Gasteiger partial charge in [-0.1, -0.05) is 25.1 Å². The zero-order valence-electron chi connectivity index (χ0n) is 9.20. The Balaban J connectivity index is 3.26. The van der Waals surface area contributed by atoms with Gasteiger partial charge in [-0.25, -0.2) is 0 Å². The number of hydrogen-bond donors (Lipinski definition) is 1. The Morgan fingerprint density at radius 2 is 1.94 bits per heavy atom. The van der Waals surface area contributed by atoms with Gasteiger partial charge in [-0.05, 0) is 18.1 Å². The van der Waals surface area contributed by atoms with Crippen LogP contribution in [-0.2, 0) is 6.18 Å². The van der Waals surface area contributed by atoms with E-state index in [0.29, 0.717) is 0 Å². The monoisotopic (exact) mass is 243 g/mol. The number of aliphatic hydroxyl groups excluding tert-OH is 1. The van der Waals surface area contributed by atoms with Crippen LogP contribution in [0.5, 0.6) is 0 Å². The summed E-state index contributed by atoms with van der Waals surface area (Å²) in [5.41, 5.74) is -1.03. The number of nitriles is 1. The number of benzene rings is 1. The Morgan fingerprint density at radius 3 is 2.41 bits per heavy atom. The molecule has 0 fully saturated rings. The van der Waals surface area contributed by atoms with Gasteiger partial charge < -0.3 is 5.11 Å². The molecule has 0 aliphatic rings. The molecule has 1 N–H and O–H groups in total. The minimum atomic E-state index is -4.51. The summed E-state index contributed by atoms with van der Waals surface area (Å²) < 4.78 is 38.2. The van der Waals surface area contributed by atoms with Crippen molar-refractivity contribution in [3.05, 3.63) is 35.4 Å². The van der Waals surface area contributed by atoms with Crippen molar-refractivity contribution < 1.29 is 18.3 Å². The van der Waals surface area contributed by atoms with Crippen molar-refractivity contribution >= 4 is 0 Å². The standard InChI is InChI=1S/C12H12F3NO/c1-2-11(17)9(7-16)8-5-3-4-6-10(8)12(13,14)15/h3-6,9,11,17H,2H2,1H3. The number of halogens is 3. The van der Waals surface area contributed by atoms with Gasteiger partial charge in [0.2, 0.25) is 0 Å². The van der Waals surface area contributed by atoms with Crippen LogP contribution in [0.3, 0.4) is 0 Å². The highest BCUT2D eigenvalue weighted by atomic mass is 19.4. The molecular weight excluding hydrogens is 231 g/mol. The molecule has 17 heavy (non-hydrogen) atoms. The zero-order valence-corrected chi connectivity index (χ0v) is 9.20. The van der Waals surface area contributed by atoms with Crippen molar-refractivity contribution in [2.45, 2.75) is 31.5 Å². The molecule has 2 atom stereocenters. The molecule has 0 bridgehead atoms. The highest BCUT2D eigenvalue weighted by Gasteiger charge is 2.36. The van der Waals surface area contributed by atoms with E-state index in [2.05, 4.69) is 0 Å². The van der Waals surface area contributed by atoms with Gasteiger partial charge in [-0.15, -0.1) is 0 Å². The van der Waals surface area contributed by atoms with E-state index in [1.54, 1.807) is 13.0 Å². The number of rotatable bonds is 3. The smallest absolute Gasteiger partial charge is 0.391 e. The maximum absolute atomic E-state index is 12.7. The van der Waals surface area contributed by atoms with Gasteiger partial charge in [0.25, 0.3) is 0 Å². The van der Waals surface area contributed by atoms with E-state index in [1.807, 2.05) is 0 Å². The van der Waals surface area contributed by atoms with E-state index in [4.69, 9.17) is 5.26 Å². The number of nitrogens with zero attached hydrogens (tertiary/aromatic N) is 1. The first kappa shape index (κ1) is 13.5. The fourth-order valence-corrected chi connectivity index (χ4v) is 1.62. The lowest BCUT2D eigenvalue weighted by molar-refractivity contribution is -0.138. The SMILES string of the molecule is CCC(O)C(C#N)c1ccccc1C(F)(F)F. The second-order valence-electron chi connectivity index (χ2n) is 3.67. The lowest BCUT2D eigenvalue weighted by atomic mass is 9.89. The summed E-state index contributed by atoms with van der Waals surface area (Å²) in [6.45, 7) is 1.62. The Hall–Kier alpha value is -1.54. The van der Waals surface area contributed by atoms with Gasteiger partial charge in [0.1, 0.15) is 0 Å². The van der Waals surface area contributed by atoms with Gasteiger partial charge >= 0.3 is 6.18 Å². The van der Waals surface area contributed by atoms with Crippen LogP contribution < -0.4 is 0 Å². The molecule has 5 heteroatoms. The minimum Gasteiger partial charge on any atom is -0.391 e. The van der Waals surface area contributed by atoms with Crippen molar-refractivity contribution in [2.24, 2.45) is 0 Å². The molecule has 0 amide bonds. The van der Waals surface area contributed by atoms with Crippen LogP contribution in [0, 0.1) is 11.3 Å². The van der Waals surface area contributed by atoms with Crippen LogP contribution in [0.1, 0.15) is 30.4 Å². The molecule has 0 aliphatic carbocycles. The number of aliphatic hydroxyl groups is 1. The summed E-state index contributed by atoms with van der Waals surface area (Å²) in [4.78, 5) is 0. The van der Waals surface area contributed by atoms with E-state index >= 15 is 0 Å². The van der Waals surface area contributed by atoms with Gasteiger partial charge in [0.15, 0.2) is 0 Å². The topological polar surface area (TPSA) is 44.0 Å². The lowest BCUT2D eigenvalue weighted by Gasteiger charge is -2.19. The second-order valence-corrected chi connectivity index (χ2v) is 3.67. The van der Waals surface area contributed by atoms with Crippen molar-refractivity contribution in [1.82, 2.24) is 0 Å². The summed E-state index contributed by atoms with van der Waals surface area (Å²) in [5.74, 6) is -1.15. The molecule has 0 spiro atoms. The fraction of sp³-hybridized carbons (Fsp3) is 0.417. The maximum atomic E-state index is 12.7. The molecule has 0 saturated heterocycles. The van der Waals surface area contributed by atoms with Crippen molar-refractivity contribution in [2.75, 3.05) is 0 Å². The lowest BCUT2D eigenvalue weighted by Crippen LogP contribution is -2.20. The Bertz CT molecular complexity index is 422. The fourth-order valence-electron chi connectivity index (χ4n) is 1.62. The van der Waals surface area contributed by atoms with E-state index in [9.17, 15) is 18.3 Å². The number of alkyl halides is 3. The highest BCUT2D eigenvalue weighted by molar-refractivity contribution is 5.36. The van der Waals surface area contributed by atoms with Crippen molar-refractivity contribution in [3.63, 3.8) is 0 Å². The summed E-state index contributed by atoms with van der Waals surface area (Å²) in [5, 5.41) is 18.5. The van der Waals surface area contributed by atoms with Gasteiger partial charge in [-0.3, -0.25) is 0 Å². The Morgan fingerprint density at radius 1 is 1.35 bits per heavy atom. The molecule has 1 aromatic rings. The number of hydrogen-bond acceptors (Lipinski definition) is 2. The normalized spacial score (nSPS) is 15.1. The van der Waals surface area contributed by atoms with E-state index < -0.39 is 23.8 Å². The predicted molar refractivity (Wildman–Crippen MR) is 56.1 cm³/mol. The summed E-state index contributed by atoms with van der Waals surface area (Å²) in [6, 6.07) is 6.57. The van der Waals surface area contributed by atoms with Crippen LogP contribution in [0.25, 0.3) is 0 Å². The van der Waals surface area contributed by atoms with Crippen molar-refractivity contribution in [3.8, 4) is 6.07 Å². The summed E-state index contributed by atoms with van der Waals surface area (Å²) >= 11 is 0. The van der Waals surface area contributed by atoms with Crippen LogP contribution in [0.15, 0.2) is 24.3 Å². The van der Waals surface area contributed by atoms with Crippen molar-refractivity contribution in [1.29, 1.82) is 5.26 Å². The first-order valence-corrected chi connectivity index (χ1v) is 5.15. The van der Waals surface area contributed by atoms with Gasteiger partial charge in [-0.2, -0.15) is 18.4 Å². The van der Waals surface area contributed by atoms with Crippen LogP contribution >= 0.6 is 0 Å². The Labute approximate surface area is 97.3 Å². The predicted octanol–water partition coefficient (Wildman–Crippen LogP) is 3.08. The average molecular weight is 243 g/mol. The third kappa shape index (κ3) is 2.98. The third-order valence-corrected chi connectivity index (χ3v) is 2.54. The second kappa shape index (κ2) is 5.19. The van der Waals surface area contributed by atoms with E-state index in [-0.39, 0.29) is 12.0 Å². The minimum absolute atomic E-state index is 0.170. The first-order valence-electron chi connectivity index (χ1n) is 5.15. The average Bonchev–Trinajstić information content (AvgIpc) is 2.29. The first-order chi connectivity index (χ1) is 7.91. The Kier molecular flexibility index (Phi) is 4.13. The zero-order chi connectivity index (χ0) is 13.1. The molecule has 1 rings (SSSR count). The van der Waals surface area contributed by atoms with Crippen LogP contribution in [0.2, 0.25) is 0 Å². The summed E-state index contributed by atoms with van der Waals surface area (Å²) in [6.07, 6.45) is -5.38. The third-order valence-electron chi connectivity index (χ3n) is 2.54. The molecule has 2 unspecified atom stereocenters. The molecule has 0 aromatic heterocycles. The molecular formula is C12H12F3NO. The molecule has 1 aromatic carbocycles. The largest absolute Gasteiger partial charge is 0.416 e.